The molecule has 0 aromatic heterocycles. The summed E-state index contributed by atoms with van der Waals surface area (Å²) in [5.74, 6) is 2.46. The van der Waals surface area contributed by atoms with Gasteiger partial charge in [0.05, 0.1) is 6.61 Å². The molecule has 3 rings (SSSR count). The molecule has 1 aliphatic heterocycles. The first-order chi connectivity index (χ1) is 9.26. The Morgan fingerprint density at radius 3 is 2.84 bits per heavy atom. The van der Waals surface area contributed by atoms with Gasteiger partial charge in [0.15, 0.2) is 0 Å². The number of nitrogens with zero attached hydrogens (tertiary/aromatic N) is 1. The zero-order valence-corrected chi connectivity index (χ0v) is 11.7. The first-order valence-corrected chi connectivity index (χ1v) is 7.39. The van der Waals surface area contributed by atoms with Crippen molar-refractivity contribution in [2.24, 2.45) is 17.6 Å². The molecule has 19 heavy (non-hydrogen) atoms. The van der Waals surface area contributed by atoms with Crippen molar-refractivity contribution < 1.29 is 4.74 Å². The van der Waals surface area contributed by atoms with Crippen molar-refractivity contribution in [1.82, 2.24) is 4.90 Å². The van der Waals surface area contributed by atoms with Crippen LogP contribution in [0.3, 0.4) is 0 Å². The lowest BCUT2D eigenvalue weighted by Gasteiger charge is -2.20. The Morgan fingerprint density at radius 2 is 2.16 bits per heavy atom. The minimum atomic E-state index is 0.498. The van der Waals surface area contributed by atoms with Crippen molar-refractivity contribution in [3.05, 3.63) is 29.8 Å². The van der Waals surface area contributed by atoms with Gasteiger partial charge in [-0.25, -0.2) is 0 Å². The summed E-state index contributed by atoms with van der Waals surface area (Å²) in [5, 5.41) is 0. The second kappa shape index (κ2) is 5.51. The summed E-state index contributed by atoms with van der Waals surface area (Å²) in [6, 6.07) is 9.10. The molecule has 2 fully saturated rings. The van der Waals surface area contributed by atoms with Crippen LogP contribution in [0, 0.1) is 11.8 Å². The minimum Gasteiger partial charge on any atom is -0.493 e. The van der Waals surface area contributed by atoms with Gasteiger partial charge in [-0.15, -0.1) is 0 Å². The second-order valence-corrected chi connectivity index (χ2v) is 6.12. The zero-order chi connectivity index (χ0) is 13.2. The highest BCUT2D eigenvalue weighted by molar-refractivity contribution is 5.31. The summed E-state index contributed by atoms with van der Waals surface area (Å²) in [7, 11) is 2.19. The second-order valence-electron chi connectivity index (χ2n) is 6.12. The summed E-state index contributed by atoms with van der Waals surface area (Å²) in [4.78, 5) is 2.41. The molecule has 3 heteroatoms. The lowest BCUT2D eigenvalue weighted by Crippen LogP contribution is -2.20. The Balaban J connectivity index is 1.67. The van der Waals surface area contributed by atoms with Crippen LogP contribution in [0.1, 0.15) is 30.9 Å². The van der Waals surface area contributed by atoms with Gasteiger partial charge >= 0.3 is 0 Å². The predicted octanol–water partition coefficient (Wildman–Crippen LogP) is 2.43. The molecular formula is C16H24N2O. The Morgan fingerprint density at radius 1 is 1.32 bits per heavy atom. The smallest absolute Gasteiger partial charge is 0.119 e. The van der Waals surface area contributed by atoms with Gasteiger partial charge < -0.3 is 10.5 Å². The van der Waals surface area contributed by atoms with Crippen molar-refractivity contribution in [2.75, 3.05) is 26.7 Å². The fourth-order valence-electron chi connectivity index (χ4n) is 2.98. The fourth-order valence-corrected chi connectivity index (χ4v) is 2.98. The number of hydrogen-bond donors (Lipinski definition) is 1. The molecule has 2 unspecified atom stereocenters. The van der Waals surface area contributed by atoms with Gasteiger partial charge in [0.2, 0.25) is 0 Å². The average molecular weight is 260 g/mol. The molecule has 0 radical (unpaired) electrons. The Hall–Kier alpha value is -1.06. The Bertz CT molecular complexity index is 431. The zero-order valence-electron chi connectivity index (χ0n) is 11.7. The highest BCUT2D eigenvalue weighted by atomic mass is 16.5. The maximum absolute atomic E-state index is 5.88. The standard InChI is InChI=1S/C16H24N2O/c1-18-10-13(9-17)7-16(18)14-3-2-4-15(8-14)19-11-12-5-6-12/h2-4,8,12-13,16H,5-7,9-11,17H2,1H3. The van der Waals surface area contributed by atoms with E-state index >= 15 is 0 Å². The molecule has 1 aromatic rings. The van der Waals surface area contributed by atoms with E-state index in [2.05, 4.69) is 36.2 Å². The molecule has 1 saturated heterocycles. The number of benzene rings is 1. The third kappa shape index (κ3) is 3.10. The fraction of sp³-hybridized carbons (Fsp3) is 0.625. The van der Waals surface area contributed by atoms with Crippen LogP contribution in [0.25, 0.3) is 0 Å². The minimum absolute atomic E-state index is 0.498. The summed E-state index contributed by atoms with van der Waals surface area (Å²) >= 11 is 0. The summed E-state index contributed by atoms with van der Waals surface area (Å²) in [6.07, 6.45) is 3.84. The molecule has 0 bridgehead atoms. The number of hydrogen-bond acceptors (Lipinski definition) is 3. The molecule has 1 heterocycles. The van der Waals surface area contributed by atoms with Crippen molar-refractivity contribution in [2.45, 2.75) is 25.3 Å². The molecule has 1 aromatic carbocycles. The summed E-state index contributed by atoms with van der Waals surface area (Å²) in [5.41, 5.74) is 7.17. The Labute approximate surface area is 115 Å². The largest absolute Gasteiger partial charge is 0.493 e. The van der Waals surface area contributed by atoms with Crippen LogP contribution in [-0.2, 0) is 0 Å². The van der Waals surface area contributed by atoms with Crippen LogP contribution in [0.4, 0.5) is 0 Å². The van der Waals surface area contributed by atoms with Crippen LogP contribution in [0.15, 0.2) is 24.3 Å². The van der Waals surface area contributed by atoms with Crippen LogP contribution >= 0.6 is 0 Å². The predicted molar refractivity (Wildman–Crippen MR) is 77.2 cm³/mol. The van der Waals surface area contributed by atoms with Gasteiger partial charge in [-0.2, -0.15) is 0 Å². The van der Waals surface area contributed by atoms with Crippen LogP contribution in [-0.4, -0.2) is 31.6 Å². The van der Waals surface area contributed by atoms with E-state index < -0.39 is 0 Å². The monoisotopic (exact) mass is 260 g/mol. The molecule has 2 atom stereocenters. The van der Waals surface area contributed by atoms with Crippen LogP contribution < -0.4 is 10.5 Å². The molecule has 1 aliphatic carbocycles. The van der Waals surface area contributed by atoms with Gasteiger partial charge in [0.25, 0.3) is 0 Å². The average Bonchev–Trinajstić information content (AvgIpc) is 3.18. The lowest BCUT2D eigenvalue weighted by molar-refractivity contribution is 0.294. The molecule has 0 spiro atoms. The quantitative estimate of drug-likeness (QED) is 0.883. The maximum atomic E-state index is 5.88. The summed E-state index contributed by atoms with van der Waals surface area (Å²) < 4.78 is 5.88. The van der Waals surface area contributed by atoms with Gasteiger partial charge in [-0.3, -0.25) is 4.90 Å². The van der Waals surface area contributed by atoms with Crippen LogP contribution in [0.5, 0.6) is 5.75 Å². The molecular weight excluding hydrogens is 236 g/mol. The van der Waals surface area contributed by atoms with Gasteiger partial charge in [0, 0.05) is 12.6 Å². The highest BCUT2D eigenvalue weighted by Crippen LogP contribution is 2.35. The molecule has 0 amide bonds. The molecule has 1 saturated carbocycles. The maximum Gasteiger partial charge on any atom is 0.119 e. The van der Waals surface area contributed by atoms with E-state index in [1.54, 1.807) is 0 Å². The highest BCUT2D eigenvalue weighted by Gasteiger charge is 2.29. The Kier molecular flexibility index (Phi) is 3.76. The molecule has 2 aliphatic rings. The van der Waals surface area contributed by atoms with Gasteiger partial charge in [-0.05, 0) is 62.4 Å². The van der Waals surface area contributed by atoms with E-state index in [0.29, 0.717) is 12.0 Å². The van der Waals surface area contributed by atoms with Crippen LogP contribution in [0.2, 0.25) is 0 Å². The van der Waals surface area contributed by atoms with Crippen molar-refractivity contribution in [1.29, 1.82) is 0 Å². The third-order valence-corrected chi connectivity index (χ3v) is 4.39. The first-order valence-electron chi connectivity index (χ1n) is 7.39. The number of nitrogens with two attached hydrogens (primary N) is 1. The first kappa shape index (κ1) is 12.9. The molecule has 3 nitrogen and oxygen atoms in total. The van der Waals surface area contributed by atoms with Crippen molar-refractivity contribution in [3.63, 3.8) is 0 Å². The lowest BCUT2D eigenvalue weighted by atomic mass is 10.00. The SMILES string of the molecule is CN1CC(CN)CC1c1cccc(OCC2CC2)c1. The van der Waals surface area contributed by atoms with Gasteiger partial charge in [-0.1, -0.05) is 12.1 Å². The normalized spacial score (nSPS) is 27.7. The van der Waals surface area contributed by atoms with Gasteiger partial charge in [0.1, 0.15) is 5.75 Å². The molecule has 2 N–H and O–H groups in total. The van der Waals surface area contributed by atoms with E-state index in [0.717, 1.165) is 31.4 Å². The topological polar surface area (TPSA) is 38.5 Å². The van der Waals surface area contributed by atoms with Crippen molar-refractivity contribution >= 4 is 0 Å². The number of rotatable bonds is 5. The third-order valence-electron chi connectivity index (χ3n) is 4.39. The van der Waals surface area contributed by atoms with E-state index in [1.807, 2.05) is 0 Å². The van der Waals surface area contributed by atoms with Crippen molar-refractivity contribution in [3.8, 4) is 5.75 Å². The van der Waals surface area contributed by atoms with E-state index in [-0.39, 0.29) is 0 Å². The molecule has 104 valence electrons. The van der Waals surface area contributed by atoms with E-state index in [4.69, 9.17) is 10.5 Å². The summed E-state index contributed by atoms with van der Waals surface area (Å²) in [6.45, 7) is 2.78. The number of likely N-dealkylation sites (tertiary alicyclic amines) is 1. The van der Waals surface area contributed by atoms with E-state index in [9.17, 15) is 0 Å². The number of ether oxygens (including phenoxy) is 1. The van der Waals surface area contributed by atoms with E-state index in [1.165, 1.54) is 24.8 Å².